The van der Waals surface area contributed by atoms with Crippen molar-refractivity contribution in [3.8, 4) is 11.5 Å². The predicted molar refractivity (Wildman–Crippen MR) is 76.7 cm³/mol. The molecule has 0 spiro atoms. The zero-order chi connectivity index (χ0) is 13.0. The average Bonchev–Trinajstić information content (AvgIpc) is 2.82. The van der Waals surface area contributed by atoms with Crippen LogP contribution in [0.4, 0.5) is 0 Å². The van der Waals surface area contributed by atoms with Crippen LogP contribution < -0.4 is 14.8 Å². The lowest BCUT2D eigenvalue weighted by Crippen LogP contribution is -2.28. The van der Waals surface area contributed by atoms with Crippen LogP contribution in [0.25, 0.3) is 0 Å². The molecule has 18 heavy (non-hydrogen) atoms. The maximum atomic E-state index is 5.40. The summed E-state index contributed by atoms with van der Waals surface area (Å²) in [7, 11) is 3.37. The zero-order valence-corrected chi connectivity index (χ0v) is 12.0. The third-order valence-corrected chi connectivity index (χ3v) is 4.63. The van der Waals surface area contributed by atoms with Gasteiger partial charge in [0.25, 0.3) is 0 Å². The van der Waals surface area contributed by atoms with Gasteiger partial charge < -0.3 is 14.8 Å². The summed E-state index contributed by atoms with van der Waals surface area (Å²) >= 11 is 2.04. The fourth-order valence-electron chi connectivity index (χ4n) is 2.21. The Bertz CT molecular complexity index is 397. The SMILES string of the molecule is COc1ccc(CNC2CSC(C)C2)c(OC)c1. The van der Waals surface area contributed by atoms with Crippen LogP contribution in [0.5, 0.6) is 11.5 Å². The summed E-state index contributed by atoms with van der Waals surface area (Å²) in [6.45, 7) is 3.14. The lowest BCUT2D eigenvalue weighted by atomic mass is 10.1. The topological polar surface area (TPSA) is 30.5 Å². The molecular weight excluding hydrogens is 246 g/mol. The van der Waals surface area contributed by atoms with Crippen molar-refractivity contribution in [3.63, 3.8) is 0 Å². The van der Waals surface area contributed by atoms with Crippen molar-refractivity contribution in [2.75, 3.05) is 20.0 Å². The van der Waals surface area contributed by atoms with Crippen molar-refractivity contribution in [1.29, 1.82) is 0 Å². The fourth-order valence-corrected chi connectivity index (χ4v) is 3.39. The Hall–Kier alpha value is -0.870. The summed E-state index contributed by atoms with van der Waals surface area (Å²) in [5.41, 5.74) is 1.18. The lowest BCUT2D eigenvalue weighted by molar-refractivity contribution is 0.388. The Balaban J connectivity index is 1.96. The summed E-state index contributed by atoms with van der Waals surface area (Å²) in [5, 5.41) is 4.38. The molecule has 0 amide bonds. The minimum atomic E-state index is 0.622. The quantitative estimate of drug-likeness (QED) is 0.888. The Morgan fingerprint density at radius 1 is 1.33 bits per heavy atom. The van der Waals surface area contributed by atoms with Crippen molar-refractivity contribution in [3.05, 3.63) is 23.8 Å². The number of thioether (sulfide) groups is 1. The van der Waals surface area contributed by atoms with Gasteiger partial charge in [0.05, 0.1) is 14.2 Å². The highest BCUT2D eigenvalue weighted by molar-refractivity contribution is 8.00. The summed E-state index contributed by atoms with van der Waals surface area (Å²) in [4.78, 5) is 0. The highest BCUT2D eigenvalue weighted by Gasteiger charge is 2.21. The van der Waals surface area contributed by atoms with Gasteiger partial charge in [-0.1, -0.05) is 13.0 Å². The van der Waals surface area contributed by atoms with Crippen LogP contribution in [-0.2, 0) is 6.54 Å². The third-order valence-electron chi connectivity index (χ3n) is 3.27. The smallest absolute Gasteiger partial charge is 0.127 e. The van der Waals surface area contributed by atoms with Gasteiger partial charge in [0.15, 0.2) is 0 Å². The first-order chi connectivity index (χ1) is 8.72. The Labute approximate surface area is 113 Å². The molecule has 1 N–H and O–H groups in total. The van der Waals surface area contributed by atoms with E-state index in [2.05, 4.69) is 18.3 Å². The monoisotopic (exact) mass is 267 g/mol. The number of benzene rings is 1. The first-order valence-electron chi connectivity index (χ1n) is 6.29. The average molecular weight is 267 g/mol. The van der Waals surface area contributed by atoms with Gasteiger partial charge in [0.1, 0.15) is 11.5 Å². The van der Waals surface area contributed by atoms with Gasteiger partial charge in [-0.25, -0.2) is 0 Å². The normalized spacial score (nSPS) is 23.1. The van der Waals surface area contributed by atoms with Gasteiger partial charge in [-0.15, -0.1) is 0 Å². The van der Waals surface area contributed by atoms with Crippen molar-refractivity contribution in [2.24, 2.45) is 0 Å². The molecule has 0 saturated carbocycles. The number of hydrogen-bond acceptors (Lipinski definition) is 4. The number of hydrogen-bond donors (Lipinski definition) is 1. The molecule has 4 heteroatoms. The van der Waals surface area contributed by atoms with Crippen LogP contribution in [0.2, 0.25) is 0 Å². The van der Waals surface area contributed by atoms with E-state index in [0.29, 0.717) is 6.04 Å². The molecule has 1 aromatic carbocycles. The molecule has 1 aliphatic rings. The summed E-state index contributed by atoms with van der Waals surface area (Å²) in [5.74, 6) is 2.93. The molecular formula is C14H21NO2S. The number of nitrogens with one attached hydrogen (secondary N) is 1. The first-order valence-corrected chi connectivity index (χ1v) is 7.33. The van der Waals surface area contributed by atoms with Gasteiger partial charge in [0.2, 0.25) is 0 Å². The maximum absolute atomic E-state index is 5.40. The van der Waals surface area contributed by atoms with E-state index in [9.17, 15) is 0 Å². The van der Waals surface area contributed by atoms with E-state index in [4.69, 9.17) is 9.47 Å². The van der Waals surface area contributed by atoms with E-state index >= 15 is 0 Å². The fraction of sp³-hybridized carbons (Fsp3) is 0.571. The zero-order valence-electron chi connectivity index (χ0n) is 11.2. The van der Waals surface area contributed by atoms with Crippen LogP contribution in [-0.4, -0.2) is 31.3 Å². The minimum absolute atomic E-state index is 0.622. The molecule has 2 rings (SSSR count). The second-order valence-electron chi connectivity index (χ2n) is 4.64. The molecule has 1 heterocycles. The second kappa shape index (κ2) is 6.34. The van der Waals surface area contributed by atoms with E-state index in [1.807, 2.05) is 23.9 Å². The molecule has 1 fully saturated rings. The van der Waals surface area contributed by atoms with Crippen LogP contribution >= 0.6 is 11.8 Å². The minimum Gasteiger partial charge on any atom is -0.497 e. The number of methoxy groups -OCH3 is 2. The molecule has 2 atom stereocenters. The van der Waals surface area contributed by atoms with Crippen molar-refractivity contribution in [1.82, 2.24) is 5.32 Å². The second-order valence-corrected chi connectivity index (χ2v) is 6.11. The van der Waals surface area contributed by atoms with Gasteiger partial charge in [-0.3, -0.25) is 0 Å². The molecule has 0 aliphatic carbocycles. The van der Waals surface area contributed by atoms with Crippen LogP contribution in [0.1, 0.15) is 18.9 Å². The van der Waals surface area contributed by atoms with Gasteiger partial charge in [-0.2, -0.15) is 11.8 Å². The van der Waals surface area contributed by atoms with Crippen LogP contribution in [0.15, 0.2) is 18.2 Å². The Kier molecular flexibility index (Phi) is 4.78. The number of rotatable bonds is 5. The van der Waals surface area contributed by atoms with Crippen molar-refractivity contribution in [2.45, 2.75) is 31.2 Å². The molecule has 0 aromatic heterocycles. The number of ether oxygens (including phenoxy) is 2. The van der Waals surface area contributed by atoms with Crippen molar-refractivity contribution < 1.29 is 9.47 Å². The molecule has 1 saturated heterocycles. The standard InChI is InChI=1S/C14H21NO2S/c1-10-6-12(9-18-10)15-8-11-4-5-13(16-2)7-14(11)17-3/h4-5,7,10,12,15H,6,8-9H2,1-3H3. The maximum Gasteiger partial charge on any atom is 0.127 e. The molecule has 2 unspecified atom stereocenters. The lowest BCUT2D eigenvalue weighted by Gasteiger charge is -2.14. The molecule has 0 radical (unpaired) electrons. The van der Waals surface area contributed by atoms with Crippen LogP contribution in [0, 0.1) is 0 Å². The first kappa shape index (κ1) is 13.6. The molecule has 1 aliphatic heterocycles. The summed E-state index contributed by atoms with van der Waals surface area (Å²) < 4.78 is 10.6. The van der Waals surface area contributed by atoms with Gasteiger partial charge in [-0.05, 0) is 12.5 Å². The third kappa shape index (κ3) is 3.33. The molecule has 100 valence electrons. The highest BCUT2D eigenvalue weighted by Crippen LogP contribution is 2.28. The largest absolute Gasteiger partial charge is 0.497 e. The molecule has 0 bridgehead atoms. The van der Waals surface area contributed by atoms with E-state index in [-0.39, 0.29) is 0 Å². The van der Waals surface area contributed by atoms with Gasteiger partial charge in [0, 0.05) is 35.2 Å². The summed E-state index contributed by atoms with van der Waals surface area (Å²) in [6.07, 6.45) is 1.25. The summed E-state index contributed by atoms with van der Waals surface area (Å²) in [6, 6.07) is 6.60. The highest BCUT2D eigenvalue weighted by atomic mass is 32.2. The van der Waals surface area contributed by atoms with Crippen molar-refractivity contribution >= 4 is 11.8 Å². The van der Waals surface area contributed by atoms with E-state index in [1.165, 1.54) is 17.7 Å². The van der Waals surface area contributed by atoms with Gasteiger partial charge >= 0.3 is 0 Å². The molecule has 3 nitrogen and oxygen atoms in total. The van der Waals surface area contributed by atoms with E-state index < -0.39 is 0 Å². The Morgan fingerprint density at radius 3 is 2.78 bits per heavy atom. The van der Waals surface area contributed by atoms with Crippen LogP contribution in [0.3, 0.4) is 0 Å². The molecule has 1 aromatic rings. The predicted octanol–water partition coefficient (Wildman–Crippen LogP) is 2.69. The van der Waals surface area contributed by atoms with E-state index in [0.717, 1.165) is 23.3 Å². The van der Waals surface area contributed by atoms with E-state index in [1.54, 1.807) is 14.2 Å². The Morgan fingerprint density at radius 2 is 2.17 bits per heavy atom.